The van der Waals surface area contributed by atoms with Crippen LogP contribution in [-0.4, -0.2) is 13.0 Å². The first-order chi connectivity index (χ1) is 16.5. The summed E-state index contributed by atoms with van der Waals surface area (Å²) < 4.78 is 125. The second kappa shape index (κ2) is 10.9. The van der Waals surface area contributed by atoms with Crippen molar-refractivity contribution in [2.75, 3.05) is 6.86 Å². The Kier molecular flexibility index (Phi) is 8.38. The van der Waals surface area contributed by atoms with E-state index in [2.05, 4.69) is 14.2 Å². The molecule has 0 aliphatic heterocycles. The molecule has 194 valence electrons. The molecule has 1 fully saturated rings. The van der Waals surface area contributed by atoms with Crippen molar-refractivity contribution in [2.45, 2.75) is 57.7 Å². The molecule has 0 radical (unpaired) electrons. The molecule has 0 N–H and O–H groups in total. The maximum absolute atomic E-state index is 14.6. The summed E-state index contributed by atoms with van der Waals surface area (Å²) in [6, 6.07) is 2.17. The minimum atomic E-state index is -4.44. The SMILES string of the molecule is CCCC1CCC(C(F)(F)Oc2ccc(C(F)(F)Oc3cc(F)c(OCF)c(F)c3)c(F)c2)CC1. The maximum Gasteiger partial charge on any atom is 0.429 e. The highest BCUT2D eigenvalue weighted by molar-refractivity contribution is 5.36. The number of halogens is 8. The quantitative estimate of drug-likeness (QED) is 0.301. The van der Waals surface area contributed by atoms with Crippen LogP contribution in [0.25, 0.3) is 0 Å². The molecule has 0 atom stereocenters. The summed E-state index contributed by atoms with van der Waals surface area (Å²) in [6.45, 7) is 0.454. The Hall–Kier alpha value is -2.72. The Bertz CT molecular complexity index is 983. The Morgan fingerprint density at radius 3 is 1.97 bits per heavy atom. The normalized spacial score (nSPS) is 18.9. The van der Waals surface area contributed by atoms with Crippen molar-refractivity contribution >= 4 is 0 Å². The Balaban J connectivity index is 1.71. The maximum atomic E-state index is 14.6. The first-order valence-corrected chi connectivity index (χ1v) is 11.1. The van der Waals surface area contributed by atoms with Gasteiger partial charge in [0.1, 0.15) is 22.9 Å². The Labute approximate surface area is 197 Å². The van der Waals surface area contributed by atoms with Gasteiger partial charge in [-0.15, -0.1) is 0 Å². The molecule has 3 rings (SSSR count). The molecular formula is C24H24F8O3. The van der Waals surface area contributed by atoms with Gasteiger partial charge in [-0.05, 0) is 43.7 Å². The number of hydrogen-bond acceptors (Lipinski definition) is 3. The topological polar surface area (TPSA) is 27.7 Å². The van der Waals surface area contributed by atoms with Gasteiger partial charge in [-0.2, -0.15) is 17.6 Å². The van der Waals surface area contributed by atoms with Crippen LogP contribution in [-0.2, 0) is 6.11 Å². The summed E-state index contributed by atoms with van der Waals surface area (Å²) in [5.41, 5.74) is -1.38. The van der Waals surface area contributed by atoms with Crippen molar-refractivity contribution in [1.29, 1.82) is 0 Å². The monoisotopic (exact) mass is 512 g/mol. The molecule has 3 nitrogen and oxygen atoms in total. The summed E-state index contributed by atoms with van der Waals surface area (Å²) >= 11 is 0. The summed E-state index contributed by atoms with van der Waals surface area (Å²) in [6.07, 6.45) is -4.44. The van der Waals surface area contributed by atoms with Crippen molar-refractivity contribution in [3.8, 4) is 17.2 Å². The molecule has 0 heterocycles. The summed E-state index contributed by atoms with van der Waals surface area (Å²) in [5, 5.41) is 0. The number of alkyl halides is 5. The molecule has 1 saturated carbocycles. The number of rotatable bonds is 10. The molecule has 0 saturated heterocycles. The van der Waals surface area contributed by atoms with Crippen LogP contribution >= 0.6 is 0 Å². The van der Waals surface area contributed by atoms with Gasteiger partial charge in [0.05, 0.1) is 5.92 Å². The van der Waals surface area contributed by atoms with Crippen LogP contribution in [0.5, 0.6) is 17.2 Å². The van der Waals surface area contributed by atoms with Crippen molar-refractivity contribution < 1.29 is 49.3 Å². The molecular weight excluding hydrogens is 488 g/mol. The van der Waals surface area contributed by atoms with Gasteiger partial charge in [-0.25, -0.2) is 17.6 Å². The van der Waals surface area contributed by atoms with Gasteiger partial charge >= 0.3 is 12.2 Å². The first-order valence-electron chi connectivity index (χ1n) is 11.1. The highest BCUT2D eigenvalue weighted by atomic mass is 19.3. The van der Waals surface area contributed by atoms with Gasteiger partial charge in [-0.1, -0.05) is 19.8 Å². The van der Waals surface area contributed by atoms with Crippen LogP contribution in [0.4, 0.5) is 35.1 Å². The van der Waals surface area contributed by atoms with Crippen molar-refractivity contribution in [2.24, 2.45) is 11.8 Å². The molecule has 2 aromatic rings. The van der Waals surface area contributed by atoms with Gasteiger partial charge in [0, 0.05) is 18.2 Å². The highest BCUT2D eigenvalue weighted by Gasteiger charge is 2.44. The molecule has 0 amide bonds. The van der Waals surface area contributed by atoms with Crippen molar-refractivity contribution in [1.82, 2.24) is 0 Å². The van der Waals surface area contributed by atoms with Gasteiger partial charge in [0.25, 0.3) is 0 Å². The molecule has 35 heavy (non-hydrogen) atoms. The van der Waals surface area contributed by atoms with E-state index in [1.807, 2.05) is 6.92 Å². The van der Waals surface area contributed by atoms with Gasteiger partial charge in [0.15, 0.2) is 17.4 Å². The minimum Gasteiger partial charge on any atom is -0.457 e. The lowest BCUT2D eigenvalue weighted by atomic mass is 9.79. The van der Waals surface area contributed by atoms with Crippen LogP contribution in [0.1, 0.15) is 51.0 Å². The third-order valence-corrected chi connectivity index (χ3v) is 5.94. The van der Waals surface area contributed by atoms with E-state index in [4.69, 9.17) is 0 Å². The van der Waals surface area contributed by atoms with E-state index >= 15 is 0 Å². The third-order valence-electron chi connectivity index (χ3n) is 5.94. The number of ether oxygens (including phenoxy) is 3. The lowest BCUT2D eigenvalue weighted by Gasteiger charge is -2.33. The van der Waals surface area contributed by atoms with Crippen LogP contribution in [0.15, 0.2) is 30.3 Å². The van der Waals surface area contributed by atoms with Crippen LogP contribution in [0.3, 0.4) is 0 Å². The first kappa shape index (κ1) is 26.9. The van der Waals surface area contributed by atoms with Crippen LogP contribution in [0, 0.1) is 29.3 Å². The van der Waals surface area contributed by atoms with E-state index in [-0.39, 0.29) is 12.8 Å². The third kappa shape index (κ3) is 6.49. The number of benzene rings is 2. The van der Waals surface area contributed by atoms with E-state index in [9.17, 15) is 35.1 Å². The highest BCUT2D eigenvalue weighted by Crippen LogP contribution is 2.42. The summed E-state index contributed by atoms with van der Waals surface area (Å²) in [7, 11) is 0. The summed E-state index contributed by atoms with van der Waals surface area (Å²) in [4.78, 5) is 0. The fourth-order valence-corrected chi connectivity index (χ4v) is 4.22. The van der Waals surface area contributed by atoms with Crippen LogP contribution < -0.4 is 14.2 Å². The lowest BCUT2D eigenvalue weighted by molar-refractivity contribution is -0.223. The van der Waals surface area contributed by atoms with E-state index in [0.717, 1.165) is 18.9 Å². The molecule has 11 heteroatoms. The average molecular weight is 512 g/mol. The van der Waals surface area contributed by atoms with Crippen molar-refractivity contribution in [3.63, 3.8) is 0 Å². The molecule has 0 aromatic heterocycles. The lowest BCUT2D eigenvalue weighted by Crippen LogP contribution is -2.37. The fourth-order valence-electron chi connectivity index (χ4n) is 4.22. The van der Waals surface area contributed by atoms with Gasteiger partial charge in [0.2, 0.25) is 6.86 Å². The van der Waals surface area contributed by atoms with E-state index in [1.165, 1.54) is 0 Å². The van der Waals surface area contributed by atoms with E-state index < -0.39 is 65.3 Å². The van der Waals surface area contributed by atoms with Crippen molar-refractivity contribution in [3.05, 3.63) is 53.3 Å². The van der Waals surface area contributed by atoms with E-state index in [0.29, 0.717) is 43.0 Å². The Morgan fingerprint density at radius 2 is 1.43 bits per heavy atom. The van der Waals surface area contributed by atoms with Gasteiger partial charge < -0.3 is 14.2 Å². The fraction of sp³-hybridized carbons (Fsp3) is 0.500. The second-order valence-electron chi connectivity index (χ2n) is 8.40. The molecule has 0 spiro atoms. The average Bonchev–Trinajstić information content (AvgIpc) is 2.76. The standard InChI is InChI=1S/C24H24F8O3/c1-2-3-14-4-6-15(7-5-14)23(29,30)34-16-8-9-18(19(26)10-16)24(31,32)35-17-11-20(27)22(33-13-25)21(28)12-17/h8-12,14-15H,2-7,13H2,1H3. The number of hydrogen-bond donors (Lipinski definition) is 0. The molecule has 0 bridgehead atoms. The van der Waals surface area contributed by atoms with Gasteiger partial charge in [-0.3, -0.25) is 0 Å². The predicted molar refractivity (Wildman–Crippen MR) is 110 cm³/mol. The second-order valence-corrected chi connectivity index (χ2v) is 8.40. The van der Waals surface area contributed by atoms with E-state index in [1.54, 1.807) is 0 Å². The minimum absolute atomic E-state index is 0.229. The largest absolute Gasteiger partial charge is 0.457 e. The molecule has 2 aromatic carbocycles. The zero-order valence-corrected chi connectivity index (χ0v) is 18.7. The zero-order valence-electron chi connectivity index (χ0n) is 18.7. The zero-order chi connectivity index (χ0) is 25.8. The molecule has 1 aliphatic rings. The predicted octanol–water partition coefficient (Wildman–Crippen LogP) is 8.12. The molecule has 0 unspecified atom stereocenters. The van der Waals surface area contributed by atoms with Crippen LogP contribution in [0.2, 0.25) is 0 Å². The summed E-state index contributed by atoms with van der Waals surface area (Å²) in [5.74, 6) is -8.23. The smallest absolute Gasteiger partial charge is 0.429 e. The Morgan fingerprint density at radius 1 is 0.829 bits per heavy atom. The molecule has 1 aliphatic carbocycles.